The molecule has 0 aliphatic carbocycles. The zero-order valence-electron chi connectivity index (χ0n) is 7.94. The Labute approximate surface area is 85.1 Å². The van der Waals surface area contributed by atoms with E-state index in [4.69, 9.17) is 0 Å². The molecule has 1 aromatic rings. The van der Waals surface area contributed by atoms with E-state index in [-0.39, 0.29) is 6.54 Å². The van der Waals surface area contributed by atoms with Crippen molar-refractivity contribution < 1.29 is 17.6 Å². The lowest BCUT2D eigenvalue weighted by Crippen LogP contribution is -2.23. The van der Waals surface area contributed by atoms with Crippen LogP contribution in [0.5, 0.6) is 0 Å². The van der Waals surface area contributed by atoms with E-state index < -0.39 is 24.6 Å². The quantitative estimate of drug-likeness (QED) is 0.594. The van der Waals surface area contributed by atoms with Crippen molar-refractivity contribution in [1.82, 2.24) is 5.32 Å². The Balaban J connectivity index is 2.37. The maximum Gasteiger partial charge on any atom is 0.250 e. The van der Waals surface area contributed by atoms with Gasteiger partial charge < -0.3 is 5.32 Å². The van der Waals surface area contributed by atoms with Crippen molar-refractivity contribution in [2.24, 2.45) is 0 Å². The van der Waals surface area contributed by atoms with Crippen LogP contribution in [0.4, 0.5) is 17.6 Å². The fourth-order valence-corrected chi connectivity index (χ4v) is 1.20. The van der Waals surface area contributed by atoms with E-state index in [1.165, 1.54) is 12.1 Å². The first kappa shape index (κ1) is 12.0. The lowest BCUT2D eigenvalue weighted by molar-refractivity contribution is 0.146. The Hall–Kier alpha value is -1.10. The highest BCUT2D eigenvalue weighted by molar-refractivity contribution is 5.18. The summed E-state index contributed by atoms with van der Waals surface area (Å²) in [6, 6.07) is 3.15. The molecule has 1 aromatic carbocycles. The normalized spacial score (nSPS) is 11.0. The Morgan fingerprint density at radius 2 is 1.67 bits per heavy atom. The zero-order valence-corrected chi connectivity index (χ0v) is 7.94. The van der Waals surface area contributed by atoms with E-state index in [2.05, 4.69) is 5.32 Å². The molecule has 84 valence electrons. The predicted octanol–water partition coefficient (Wildman–Crippen LogP) is 2.36. The lowest BCUT2D eigenvalue weighted by Gasteiger charge is -2.04. The SMILES string of the molecule is Fc1cc(F)cc(CCNCC(F)F)c1. The van der Waals surface area contributed by atoms with Crippen LogP contribution >= 0.6 is 0 Å². The molecule has 0 amide bonds. The molecule has 0 radical (unpaired) electrons. The number of hydrogen-bond acceptors (Lipinski definition) is 1. The van der Waals surface area contributed by atoms with Gasteiger partial charge in [-0.1, -0.05) is 0 Å². The highest BCUT2D eigenvalue weighted by atomic mass is 19.3. The molecule has 1 N–H and O–H groups in total. The number of rotatable bonds is 5. The van der Waals surface area contributed by atoms with Gasteiger partial charge in [-0.15, -0.1) is 0 Å². The second-order valence-corrected chi connectivity index (χ2v) is 3.12. The first-order valence-corrected chi connectivity index (χ1v) is 4.52. The molecule has 0 atom stereocenters. The van der Waals surface area contributed by atoms with Crippen LogP contribution < -0.4 is 5.32 Å². The van der Waals surface area contributed by atoms with Crippen molar-refractivity contribution in [2.75, 3.05) is 13.1 Å². The van der Waals surface area contributed by atoms with Crippen molar-refractivity contribution >= 4 is 0 Å². The van der Waals surface area contributed by atoms with Crippen molar-refractivity contribution in [3.8, 4) is 0 Å². The Bertz CT molecular complexity index is 294. The minimum atomic E-state index is -2.41. The molecule has 1 nitrogen and oxygen atoms in total. The van der Waals surface area contributed by atoms with Gasteiger partial charge in [0.1, 0.15) is 11.6 Å². The van der Waals surface area contributed by atoms with Crippen LogP contribution in [0, 0.1) is 11.6 Å². The number of alkyl halides is 2. The second kappa shape index (κ2) is 5.70. The number of halogens is 4. The van der Waals surface area contributed by atoms with Crippen LogP contribution in [0.2, 0.25) is 0 Å². The van der Waals surface area contributed by atoms with E-state index in [0.29, 0.717) is 12.0 Å². The summed E-state index contributed by atoms with van der Waals surface area (Å²) in [6.07, 6.45) is -2.09. The predicted molar refractivity (Wildman–Crippen MR) is 48.9 cm³/mol. The summed E-state index contributed by atoms with van der Waals surface area (Å²) in [4.78, 5) is 0. The average molecular weight is 221 g/mol. The average Bonchev–Trinajstić information content (AvgIpc) is 2.10. The van der Waals surface area contributed by atoms with Gasteiger partial charge in [0.2, 0.25) is 0 Å². The molecule has 0 aliphatic heterocycles. The van der Waals surface area contributed by atoms with Crippen LogP contribution in [-0.4, -0.2) is 19.5 Å². The van der Waals surface area contributed by atoms with Gasteiger partial charge in [0, 0.05) is 6.07 Å². The molecule has 0 bridgehead atoms. The molecule has 0 fully saturated rings. The van der Waals surface area contributed by atoms with Gasteiger partial charge in [-0.3, -0.25) is 0 Å². The summed E-state index contributed by atoms with van der Waals surface area (Å²) in [7, 11) is 0. The fraction of sp³-hybridized carbons (Fsp3) is 0.400. The third-order valence-electron chi connectivity index (χ3n) is 1.81. The van der Waals surface area contributed by atoms with Gasteiger partial charge in [0.15, 0.2) is 0 Å². The molecule has 0 spiro atoms. The van der Waals surface area contributed by atoms with E-state index in [1.54, 1.807) is 0 Å². The molecule has 0 saturated carbocycles. The Morgan fingerprint density at radius 1 is 1.07 bits per heavy atom. The van der Waals surface area contributed by atoms with Crippen molar-refractivity contribution in [2.45, 2.75) is 12.8 Å². The van der Waals surface area contributed by atoms with E-state index in [0.717, 1.165) is 6.07 Å². The monoisotopic (exact) mass is 221 g/mol. The first-order valence-electron chi connectivity index (χ1n) is 4.52. The molecule has 15 heavy (non-hydrogen) atoms. The van der Waals surface area contributed by atoms with Crippen molar-refractivity contribution in [3.05, 3.63) is 35.4 Å². The molecule has 5 heteroatoms. The Morgan fingerprint density at radius 3 is 2.20 bits per heavy atom. The number of nitrogens with one attached hydrogen (secondary N) is 1. The standard InChI is InChI=1S/C10H11F4N/c11-8-3-7(4-9(12)5-8)1-2-15-6-10(13)14/h3-5,10,15H,1-2,6H2. The van der Waals surface area contributed by atoms with Crippen LogP contribution in [0.3, 0.4) is 0 Å². The number of hydrogen-bond donors (Lipinski definition) is 1. The molecule has 0 aliphatic rings. The third kappa shape index (κ3) is 4.78. The van der Waals surface area contributed by atoms with Crippen molar-refractivity contribution in [3.63, 3.8) is 0 Å². The summed E-state index contributed by atoms with van der Waals surface area (Å²) in [5, 5.41) is 2.48. The first-order chi connectivity index (χ1) is 7.08. The maximum absolute atomic E-state index is 12.7. The maximum atomic E-state index is 12.7. The summed E-state index contributed by atoms with van der Waals surface area (Å²) in [5.74, 6) is -1.31. The summed E-state index contributed by atoms with van der Waals surface area (Å²) in [6.45, 7) is -0.134. The van der Waals surface area contributed by atoms with E-state index >= 15 is 0 Å². The summed E-state index contributed by atoms with van der Waals surface area (Å²) >= 11 is 0. The minimum Gasteiger partial charge on any atom is -0.311 e. The topological polar surface area (TPSA) is 12.0 Å². The highest BCUT2D eigenvalue weighted by Gasteiger charge is 2.02. The molecule has 0 aromatic heterocycles. The molecule has 0 saturated heterocycles. The third-order valence-corrected chi connectivity index (χ3v) is 1.81. The molecule has 0 unspecified atom stereocenters. The van der Waals surface area contributed by atoms with E-state index in [9.17, 15) is 17.6 Å². The van der Waals surface area contributed by atoms with Gasteiger partial charge in [-0.05, 0) is 30.7 Å². The van der Waals surface area contributed by atoms with Gasteiger partial charge in [-0.25, -0.2) is 17.6 Å². The van der Waals surface area contributed by atoms with Crippen LogP contribution in [0.15, 0.2) is 18.2 Å². The number of benzene rings is 1. The molecule has 1 rings (SSSR count). The summed E-state index contributed by atoms with van der Waals surface area (Å²) in [5.41, 5.74) is 0.453. The zero-order chi connectivity index (χ0) is 11.3. The second-order valence-electron chi connectivity index (χ2n) is 3.12. The van der Waals surface area contributed by atoms with Crippen molar-refractivity contribution in [1.29, 1.82) is 0 Å². The molecular formula is C10H11F4N. The van der Waals surface area contributed by atoms with Gasteiger partial charge in [-0.2, -0.15) is 0 Å². The van der Waals surface area contributed by atoms with Gasteiger partial charge in [0.25, 0.3) is 6.43 Å². The highest BCUT2D eigenvalue weighted by Crippen LogP contribution is 2.08. The van der Waals surface area contributed by atoms with E-state index in [1.807, 2.05) is 0 Å². The fourth-order valence-electron chi connectivity index (χ4n) is 1.20. The minimum absolute atomic E-state index is 0.271. The van der Waals surface area contributed by atoms with Gasteiger partial charge in [0.05, 0.1) is 6.54 Å². The smallest absolute Gasteiger partial charge is 0.250 e. The molecule has 0 heterocycles. The molecular weight excluding hydrogens is 210 g/mol. The van der Waals surface area contributed by atoms with Crippen LogP contribution in [0.25, 0.3) is 0 Å². The van der Waals surface area contributed by atoms with Crippen LogP contribution in [-0.2, 0) is 6.42 Å². The largest absolute Gasteiger partial charge is 0.311 e. The van der Waals surface area contributed by atoms with Gasteiger partial charge >= 0.3 is 0 Å². The Kier molecular flexibility index (Phi) is 4.55. The lowest BCUT2D eigenvalue weighted by atomic mass is 10.1. The van der Waals surface area contributed by atoms with Crippen LogP contribution in [0.1, 0.15) is 5.56 Å². The summed E-state index contributed by atoms with van der Waals surface area (Å²) < 4.78 is 48.8.